The summed E-state index contributed by atoms with van der Waals surface area (Å²) in [6.07, 6.45) is 0.151. The molecule has 1 unspecified atom stereocenters. The highest BCUT2D eigenvalue weighted by Crippen LogP contribution is 2.33. The minimum atomic E-state index is -0.496. The molecule has 0 spiro atoms. The van der Waals surface area contributed by atoms with Crippen molar-refractivity contribution in [1.29, 1.82) is 0 Å². The Kier molecular flexibility index (Phi) is 3.72. The normalized spacial score (nSPS) is 12.5. The molecule has 0 bridgehead atoms. The van der Waals surface area contributed by atoms with Crippen LogP contribution in [0.3, 0.4) is 0 Å². The summed E-state index contributed by atoms with van der Waals surface area (Å²) in [6.45, 7) is 0. The maximum atomic E-state index is 10.5. The predicted octanol–water partition coefficient (Wildman–Crippen LogP) is 4.19. The number of benzene rings is 2. The van der Waals surface area contributed by atoms with Gasteiger partial charge in [-0.1, -0.05) is 36.4 Å². The second-order valence-electron chi connectivity index (χ2n) is 4.70. The quantitative estimate of drug-likeness (QED) is 0.778. The number of ether oxygens (including phenoxy) is 1. The van der Waals surface area contributed by atoms with E-state index in [0.717, 1.165) is 22.1 Å². The lowest BCUT2D eigenvalue weighted by Crippen LogP contribution is -2.02. The van der Waals surface area contributed by atoms with Gasteiger partial charge < -0.3 is 9.84 Å². The summed E-state index contributed by atoms with van der Waals surface area (Å²) in [5, 5.41) is 14.6. The van der Waals surface area contributed by atoms with Crippen LogP contribution < -0.4 is 4.74 Å². The van der Waals surface area contributed by atoms with Gasteiger partial charge in [-0.05, 0) is 28.5 Å². The Balaban J connectivity index is 2.03. The Hall–Kier alpha value is -1.84. The Morgan fingerprint density at radius 3 is 2.55 bits per heavy atom. The molecule has 0 aliphatic rings. The summed E-state index contributed by atoms with van der Waals surface area (Å²) in [4.78, 5) is 1.19. The molecule has 3 aromatic rings. The van der Waals surface area contributed by atoms with E-state index in [1.165, 1.54) is 4.88 Å². The first kappa shape index (κ1) is 13.2. The van der Waals surface area contributed by atoms with E-state index in [1.807, 2.05) is 47.8 Å². The van der Waals surface area contributed by atoms with E-state index in [-0.39, 0.29) is 0 Å². The van der Waals surface area contributed by atoms with Gasteiger partial charge in [-0.25, -0.2) is 0 Å². The van der Waals surface area contributed by atoms with Gasteiger partial charge in [0.1, 0.15) is 5.75 Å². The number of thiophene rings is 1. The molecule has 20 heavy (non-hydrogen) atoms. The van der Waals surface area contributed by atoms with E-state index in [2.05, 4.69) is 6.07 Å². The van der Waals surface area contributed by atoms with Crippen molar-refractivity contribution in [2.75, 3.05) is 7.11 Å². The SMILES string of the molecule is COc1ccc(C(O)Cc2cccs2)c2ccccc12. The molecule has 3 heteroatoms. The second-order valence-corrected chi connectivity index (χ2v) is 5.73. The maximum Gasteiger partial charge on any atom is 0.126 e. The van der Waals surface area contributed by atoms with Crippen LogP contribution in [0.25, 0.3) is 10.8 Å². The van der Waals surface area contributed by atoms with Gasteiger partial charge in [0.15, 0.2) is 0 Å². The highest BCUT2D eigenvalue weighted by atomic mass is 32.1. The molecule has 0 fully saturated rings. The molecule has 0 saturated heterocycles. The summed E-state index contributed by atoms with van der Waals surface area (Å²) in [7, 11) is 1.67. The summed E-state index contributed by atoms with van der Waals surface area (Å²) < 4.78 is 5.39. The number of hydrogen-bond acceptors (Lipinski definition) is 3. The third kappa shape index (κ3) is 2.42. The van der Waals surface area contributed by atoms with Crippen LogP contribution in [0.1, 0.15) is 16.5 Å². The summed E-state index contributed by atoms with van der Waals surface area (Å²) >= 11 is 1.67. The first-order chi connectivity index (χ1) is 9.79. The van der Waals surface area contributed by atoms with Crippen LogP contribution in [0.5, 0.6) is 5.75 Å². The molecule has 1 aromatic heterocycles. The second kappa shape index (κ2) is 5.65. The van der Waals surface area contributed by atoms with E-state index < -0.39 is 6.10 Å². The largest absolute Gasteiger partial charge is 0.496 e. The maximum absolute atomic E-state index is 10.5. The third-order valence-corrected chi connectivity index (χ3v) is 4.37. The fourth-order valence-electron chi connectivity index (χ4n) is 2.49. The van der Waals surface area contributed by atoms with Crippen molar-refractivity contribution in [2.45, 2.75) is 12.5 Å². The average Bonchev–Trinajstić information content (AvgIpc) is 2.99. The number of aliphatic hydroxyl groups is 1. The minimum Gasteiger partial charge on any atom is -0.496 e. The van der Waals surface area contributed by atoms with Crippen molar-refractivity contribution in [2.24, 2.45) is 0 Å². The van der Waals surface area contributed by atoms with E-state index >= 15 is 0 Å². The zero-order chi connectivity index (χ0) is 13.9. The number of rotatable bonds is 4. The van der Waals surface area contributed by atoms with Crippen molar-refractivity contribution in [3.8, 4) is 5.75 Å². The first-order valence-corrected chi connectivity index (χ1v) is 7.43. The lowest BCUT2D eigenvalue weighted by molar-refractivity contribution is 0.181. The van der Waals surface area contributed by atoms with Gasteiger partial charge in [0.2, 0.25) is 0 Å². The highest BCUT2D eigenvalue weighted by molar-refractivity contribution is 7.09. The highest BCUT2D eigenvalue weighted by Gasteiger charge is 2.14. The minimum absolute atomic E-state index is 0.496. The number of methoxy groups -OCH3 is 1. The predicted molar refractivity (Wildman–Crippen MR) is 83.5 cm³/mol. The Labute approximate surface area is 122 Å². The van der Waals surface area contributed by atoms with Crippen LogP contribution in [0.4, 0.5) is 0 Å². The molecule has 2 nitrogen and oxygen atoms in total. The van der Waals surface area contributed by atoms with E-state index in [4.69, 9.17) is 4.74 Å². The fourth-order valence-corrected chi connectivity index (χ4v) is 3.24. The van der Waals surface area contributed by atoms with Crippen molar-refractivity contribution in [1.82, 2.24) is 0 Å². The van der Waals surface area contributed by atoms with Gasteiger partial charge >= 0.3 is 0 Å². The molecule has 0 amide bonds. The third-order valence-electron chi connectivity index (χ3n) is 3.47. The monoisotopic (exact) mass is 284 g/mol. The average molecular weight is 284 g/mol. The molecule has 1 atom stereocenters. The molecule has 1 heterocycles. The summed E-state index contributed by atoms with van der Waals surface area (Å²) in [6, 6.07) is 16.0. The molecule has 0 aliphatic carbocycles. The van der Waals surface area contributed by atoms with Crippen LogP contribution >= 0.6 is 11.3 Å². The van der Waals surface area contributed by atoms with Crippen molar-refractivity contribution in [3.63, 3.8) is 0 Å². The van der Waals surface area contributed by atoms with Gasteiger partial charge in [-0.2, -0.15) is 0 Å². The van der Waals surface area contributed by atoms with E-state index in [1.54, 1.807) is 18.4 Å². The van der Waals surface area contributed by atoms with Gasteiger partial charge in [0.25, 0.3) is 0 Å². The Morgan fingerprint density at radius 1 is 1.05 bits per heavy atom. The van der Waals surface area contributed by atoms with Crippen LogP contribution in [-0.2, 0) is 6.42 Å². The molecule has 0 radical (unpaired) electrons. The molecule has 3 rings (SSSR count). The molecule has 102 valence electrons. The molecular weight excluding hydrogens is 268 g/mol. The topological polar surface area (TPSA) is 29.5 Å². The van der Waals surface area contributed by atoms with Gasteiger partial charge in [-0.3, -0.25) is 0 Å². The van der Waals surface area contributed by atoms with Crippen LogP contribution in [0.15, 0.2) is 53.9 Å². The molecular formula is C17H16O2S. The smallest absolute Gasteiger partial charge is 0.126 e. The molecule has 1 N–H and O–H groups in total. The van der Waals surface area contributed by atoms with E-state index in [0.29, 0.717) is 6.42 Å². The number of hydrogen-bond donors (Lipinski definition) is 1. The van der Waals surface area contributed by atoms with Gasteiger partial charge in [-0.15, -0.1) is 11.3 Å². The zero-order valence-corrected chi connectivity index (χ0v) is 12.1. The van der Waals surface area contributed by atoms with Gasteiger partial charge in [0, 0.05) is 16.7 Å². The molecule has 2 aromatic carbocycles. The molecule has 0 aliphatic heterocycles. The lowest BCUT2D eigenvalue weighted by Gasteiger charge is -2.15. The molecule has 0 saturated carbocycles. The van der Waals surface area contributed by atoms with Gasteiger partial charge in [0.05, 0.1) is 13.2 Å². The Bertz CT molecular complexity index is 704. The van der Waals surface area contributed by atoms with E-state index in [9.17, 15) is 5.11 Å². The number of fused-ring (bicyclic) bond motifs is 1. The summed E-state index contributed by atoms with van der Waals surface area (Å²) in [5.41, 5.74) is 0.954. The first-order valence-electron chi connectivity index (χ1n) is 6.55. The zero-order valence-electron chi connectivity index (χ0n) is 11.2. The number of aliphatic hydroxyl groups excluding tert-OH is 1. The van der Waals surface area contributed by atoms with Crippen LogP contribution in [0, 0.1) is 0 Å². The van der Waals surface area contributed by atoms with Crippen LogP contribution in [0.2, 0.25) is 0 Å². The van der Waals surface area contributed by atoms with Crippen molar-refractivity contribution in [3.05, 3.63) is 64.4 Å². The van der Waals surface area contributed by atoms with Crippen molar-refractivity contribution < 1.29 is 9.84 Å². The van der Waals surface area contributed by atoms with Crippen LogP contribution in [-0.4, -0.2) is 12.2 Å². The Morgan fingerprint density at radius 2 is 1.85 bits per heavy atom. The lowest BCUT2D eigenvalue weighted by atomic mass is 9.97. The standard InChI is InChI=1S/C17H16O2S/c1-19-17-9-8-14(13-6-2-3-7-15(13)17)16(18)11-12-5-4-10-20-12/h2-10,16,18H,11H2,1H3. The van der Waals surface area contributed by atoms with Crippen molar-refractivity contribution >= 4 is 22.1 Å². The summed E-state index contributed by atoms with van der Waals surface area (Å²) in [5.74, 6) is 0.840. The fraction of sp³-hybridized carbons (Fsp3) is 0.176.